The Morgan fingerprint density at radius 3 is 2.36 bits per heavy atom. The zero-order valence-corrected chi connectivity index (χ0v) is 16.6. The van der Waals surface area contributed by atoms with E-state index in [1.807, 2.05) is 6.07 Å². The van der Waals surface area contributed by atoms with Crippen molar-refractivity contribution in [2.45, 2.75) is 58.2 Å². The third-order valence-corrected chi connectivity index (χ3v) is 5.37. The summed E-state index contributed by atoms with van der Waals surface area (Å²) in [6.07, 6.45) is -4.68. The van der Waals surface area contributed by atoms with Crippen molar-refractivity contribution in [2.75, 3.05) is 6.61 Å². The third kappa shape index (κ3) is 3.75. The second kappa shape index (κ2) is 7.39. The topological polar surface area (TPSA) is 42.4 Å². The predicted molar refractivity (Wildman–Crippen MR) is 102 cm³/mol. The van der Waals surface area contributed by atoms with E-state index in [0.29, 0.717) is 41.3 Å². The van der Waals surface area contributed by atoms with Gasteiger partial charge in [0.15, 0.2) is 5.60 Å². The molecule has 0 spiro atoms. The van der Waals surface area contributed by atoms with Gasteiger partial charge in [-0.15, -0.1) is 0 Å². The standard InChI is InChI=1S/C22H26F3NO2/c1-13(2)19(18-7-5-6-17-8-9-28-20(17)18)21(27,22(23,24)25)12-16-10-14(3)26-15(4)11-16/h5-7,10-11,13,19,27H,8-9,12H2,1-4H3. The van der Waals surface area contributed by atoms with Crippen LogP contribution in [-0.4, -0.2) is 28.5 Å². The number of fused-ring (bicyclic) bond motifs is 1. The van der Waals surface area contributed by atoms with E-state index in [2.05, 4.69) is 4.98 Å². The van der Waals surface area contributed by atoms with Gasteiger partial charge in [-0.2, -0.15) is 13.2 Å². The van der Waals surface area contributed by atoms with Gasteiger partial charge in [-0.05, 0) is 43.0 Å². The van der Waals surface area contributed by atoms with Crippen molar-refractivity contribution in [3.8, 4) is 5.75 Å². The van der Waals surface area contributed by atoms with E-state index in [1.54, 1.807) is 52.0 Å². The summed E-state index contributed by atoms with van der Waals surface area (Å²) in [5, 5.41) is 11.2. The fraction of sp³-hybridized carbons (Fsp3) is 0.500. The molecule has 28 heavy (non-hydrogen) atoms. The second-order valence-electron chi connectivity index (χ2n) is 8.01. The highest BCUT2D eigenvalue weighted by molar-refractivity contribution is 5.47. The summed E-state index contributed by atoms with van der Waals surface area (Å²) in [6.45, 7) is 7.34. The fourth-order valence-electron chi connectivity index (χ4n) is 4.37. The zero-order chi connectivity index (χ0) is 20.7. The van der Waals surface area contributed by atoms with Crippen molar-refractivity contribution in [1.82, 2.24) is 4.98 Å². The van der Waals surface area contributed by atoms with Gasteiger partial charge < -0.3 is 9.84 Å². The molecule has 0 aliphatic carbocycles. The number of nitrogens with zero attached hydrogens (tertiary/aromatic N) is 1. The van der Waals surface area contributed by atoms with E-state index in [4.69, 9.17) is 4.74 Å². The molecular formula is C22H26F3NO2. The van der Waals surface area contributed by atoms with E-state index in [1.165, 1.54) is 0 Å². The largest absolute Gasteiger partial charge is 0.493 e. The quantitative estimate of drug-likeness (QED) is 0.785. The van der Waals surface area contributed by atoms with Crippen LogP contribution in [0.2, 0.25) is 0 Å². The highest BCUT2D eigenvalue weighted by Crippen LogP contribution is 2.50. The van der Waals surface area contributed by atoms with Crippen molar-refractivity contribution < 1.29 is 23.0 Å². The number of ether oxygens (including phenoxy) is 1. The van der Waals surface area contributed by atoms with Gasteiger partial charge in [-0.1, -0.05) is 32.0 Å². The molecule has 0 amide bonds. The average Bonchev–Trinajstić information content (AvgIpc) is 3.02. The first kappa shape index (κ1) is 20.6. The lowest BCUT2D eigenvalue weighted by molar-refractivity contribution is -0.272. The number of benzene rings is 1. The second-order valence-corrected chi connectivity index (χ2v) is 8.01. The van der Waals surface area contributed by atoms with Gasteiger partial charge in [0.05, 0.1) is 6.61 Å². The lowest BCUT2D eigenvalue weighted by Gasteiger charge is -2.41. The number of aromatic nitrogens is 1. The molecule has 2 atom stereocenters. The third-order valence-electron chi connectivity index (χ3n) is 5.37. The summed E-state index contributed by atoms with van der Waals surface area (Å²) in [7, 11) is 0. The minimum absolute atomic E-state index is 0.420. The van der Waals surface area contributed by atoms with Crippen LogP contribution in [0.1, 0.15) is 47.8 Å². The van der Waals surface area contributed by atoms with Crippen molar-refractivity contribution in [1.29, 1.82) is 0 Å². The van der Waals surface area contributed by atoms with Gasteiger partial charge in [-0.25, -0.2) is 0 Å². The molecule has 3 rings (SSSR count). The number of rotatable bonds is 5. The van der Waals surface area contributed by atoms with Crippen LogP contribution in [0, 0.1) is 19.8 Å². The van der Waals surface area contributed by atoms with Gasteiger partial charge >= 0.3 is 6.18 Å². The molecule has 1 aromatic carbocycles. The molecule has 1 aliphatic heterocycles. The monoisotopic (exact) mass is 393 g/mol. The Hall–Kier alpha value is -2.08. The maximum absolute atomic E-state index is 14.3. The number of aryl methyl sites for hydroxylation is 2. The Kier molecular flexibility index (Phi) is 5.45. The van der Waals surface area contributed by atoms with E-state index in [0.717, 1.165) is 5.56 Å². The first-order chi connectivity index (χ1) is 13.0. The Morgan fingerprint density at radius 1 is 1.14 bits per heavy atom. The van der Waals surface area contributed by atoms with E-state index in [-0.39, 0.29) is 0 Å². The molecule has 0 bridgehead atoms. The van der Waals surface area contributed by atoms with Crippen LogP contribution in [0.5, 0.6) is 5.75 Å². The molecule has 0 saturated heterocycles. The van der Waals surface area contributed by atoms with Crippen LogP contribution in [0.25, 0.3) is 0 Å². The molecule has 2 aromatic rings. The smallest absolute Gasteiger partial charge is 0.418 e. The number of aliphatic hydroxyl groups is 1. The molecule has 0 saturated carbocycles. The lowest BCUT2D eigenvalue weighted by atomic mass is 9.71. The molecular weight excluding hydrogens is 367 g/mol. The zero-order valence-electron chi connectivity index (χ0n) is 16.6. The summed E-state index contributed by atoms with van der Waals surface area (Å²) in [6, 6.07) is 8.47. The summed E-state index contributed by atoms with van der Waals surface area (Å²) in [5.41, 5.74) is 0.0661. The molecule has 152 valence electrons. The first-order valence-electron chi connectivity index (χ1n) is 9.51. The van der Waals surface area contributed by atoms with Crippen molar-refractivity contribution in [3.05, 3.63) is 58.4 Å². The maximum Gasteiger partial charge on any atom is 0.418 e. The molecule has 2 unspecified atom stereocenters. The fourth-order valence-corrected chi connectivity index (χ4v) is 4.37. The van der Waals surface area contributed by atoms with Crippen molar-refractivity contribution in [3.63, 3.8) is 0 Å². The predicted octanol–water partition coefficient (Wildman–Crippen LogP) is 4.91. The number of alkyl halides is 3. The minimum atomic E-state index is -4.81. The Labute approximate surface area is 163 Å². The van der Waals surface area contributed by atoms with Gasteiger partial charge in [0.25, 0.3) is 0 Å². The normalized spacial score (nSPS) is 17.2. The summed E-state index contributed by atoms with van der Waals surface area (Å²) in [4.78, 5) is 4.23. The lowest BCUT2D eigenvalue weighted by Crippen LogP contribution is -2.53. The van der Waals surface area contributed by atoms with Crippen molar-refractivity contribution >= 4 is 0 Å². The number of hydrogen-bond acceptors (Lipinski definition) is 3. The molecule has 3 nitrogen and oxygen atoms in total. The molecule has 6 heteroatoms. The number of para-hydroxylation sites is 1. The molecule has 1 N–H and O–H groups in total. The Morgan fingerprint density at radius 2 is 1.79 bits per heavy atom. The van der Waals surface area contributed by atoms with Crippen LogP contribution in [0.15, 0.2) is 30.3 Å². The summed E-state index contributed by atoms with van der Waals surface area (Å²) in [5.74, 6) is -1.12. The Bertz CT molecular complexity index is 843. The highest BCUT2D eigenvalue weighted by atomic mass is 19.4. The number of hydrogen-bond donors (Lipinski definition) is 1. The molecule has 0 fully saturated rings. The maximum atomic E-state index is 14.3. The summed E-state index contributed by atoms with van der Waals surface area (Å²) < 4.78 is 48.7. The van der Waals surface area contributed by atoms with Crippen molar-refractivity contribution in [2.24, 2.45) is 5.92 Å². The van der Waals surface area contributed by atoms with Gasteiger partial charge in [0.2, 0.25) is 0 Å². The van der Waals surface area contributed by atoms with Gasteiger partial charge in [-0.3, -0.25) is 4.98 Å². The van der Waals surface area contributed by atoms with Crippen LogP contribution < -0.4 is 4.74 Å². The van der Waals surface area contributed by atoms with E-state index >= 15 is 0 Å². The molecule has 2 heterocycles. The number of halogens is 3. The van der Waals surface area contributed by atoms with Crippen LogP contribution in [-0.2, 0) is 12.8 Å². The summed E-state index contributed by atoms with van der Waals surface area (Å²) >= 11 is 0. The van der Waals surface area contributed by atoms with Crippen LogP contribution in [0.3, 0.4) is 0 Å². The van der Waals surface area contributed by atoms with Gasteiger partial charge in [0, 0.05) is 35.7 Å². The highest BCUT2D eigenvalue weighted by Gasteiger charge is 2.60. The molecule has 1 aromatic heterocycles. The van der Waals surface area contributed by atoms with E-state index < -0.39 is 30.0 Å². The first-order valence-corrected chi connectivity index (χ1v) is 9.51. The van der Waals surface area contributed by atoms with Gasteiger partial charge in [0.1, 0.15) is 5.75 Å². The molecule has 0 radical (unpaired) electrons. The van der Waals surface area contributed by atoms with Crippen LogP contribution >= 0.6 is 0 Å². The SMILES string of the molecule is Cc1cc(CC(O)(C(c2cccc3c2OCC3)C(C)C)C(F)(F)F)cc(C)n1. The minimum Gasteiger partial charge on any atom is -0.493 e. The molecule has 1 aliphatic rings. The number of pyridine rings is 1. The Balaban J connectivity index is 2.14. The van der Waals surface area contributed by atoms with Crippen LogP contribution in [0.4, 0.5) is 13.2 Å². The average molecular weight is 393 g/mol. The van der Waals surface area contributed by atoms with E-state index in [9.17, 15) is 18.3 Å².